The van der Waals surface area contributed by atoms with Crippen molar-refractivity contribution < 1.29 is 0 Å². The van der Waals surface area contributed by atoms with E-state index >= 15 is 0 Å². The molecular weight excluding hydrogens is 384 g/mol. The van der Waals surface area contributed by atoms with Crippen LogP contribution < -0.4 is 0 Å². The number of alkyl halides is 1. The number of nitrogens with zero attached hydrogens (tertiary/aromatic N) is 4. The second-order valence-electron chi connectivity index (χ2n) is 5.32. The monoisotopic (exact) mass is 406 g/mol. The lowest BCUT2D eigenvalue weighted by atomic mass is 10.3. The normalized spacial score (nSPS) is 18.4. The minimum atomic E-state index is 0.936. The van der Waals surface area contributed by atoms with Gasteiger partial charge in [-0.2, -0.15) is 5.10 Å². The van der Waals surface area contributed by atoms with Gasteiger partial charge in [0, 0.05) is 38.1 Å². The topological polar surface area (TPSA) is 24.3 Å². The first-order chi connectivity index (χ1) is 9.65. The minimum Gasteiger partial charge on any atom is -0.301 e. The van der Waals surface area contributed by atoms with Gasteiger partial charge in [-0.25, -0.2) is 0 Å². The van der Waals surface area contributed by atoms with Gasteiger partial charge in [0.25, 0.3) is 0 Å². The van der Waals surface area contributed by atoms with E-state index in [0.717, 1.165) is 37.2 Å². The van der Waals surface area contributed by atoms with Crippen molar-refractivity contribution in [1.29, 1.82) is 0 Å². The molecule has 1 aromatic rings. The molecule has 1 fully saturated rings. The van der Waals surface area contributed by atoms with Crippen LogP contribution in [0.5, 0.6) is 0 Å². The SMILES string of the molecule is CCn1nc(C)c(Br)c1CN1CCCN(CCBr)CC1. The van der Waals surface area contributed by atoms with Gasteiger partial charge in [-0.3, -0.25) is 9.58 Å². The number of halogens is 2. The lowest BCUT2D eigenvalue weighted by Gasteiger charge is -2.21. The van der Waals surface area contributed by atoms with E-state index in [2.05, 4.69) is 65.3 Å². The smallest absolute Gasteiger partial charge is 0.0739 e. The van der Waals surface area contributed by atoms with Crippen molar-refractivity contribution in [2.24, 2.45) is 0 Å². The number of rotatable bonds is 5. The van der Waals surface area contributed by atoms with Crippen LogP contribution in [0.25, 0.3) is 0 Å². The van der Waals surface area contributed by atoms with Gasteiger partial charge in [0.05, 0.1) is 15.9 Å². The number of hydrogen-bond acceptors (Lipinski definition) is 3. The molecule has 2 heterocycles. The number of hydrogen-bond donors (Lipinski definition) is 0. The molecule has 1 aliphatic heterocycles. The average Bonchev–Trinajstić information content (AvgIpc) is 2.61. The standard InChI is InChI=1S/C14H24Br2N4/c1-3-20-13(14(16)12(2)17-20)11-19-7-4-6-18(8-5-15)9-10-19/h3-11H2,1-2H3. The zero-order valence-corrected chi connectivity index (χ0v) is 15.6. The summed E-state index contributed by atoms with van der Waals surface area (Å²) < 4.78 is 3.31. The summed E-state index contributed by atoms with van der Waals surface area (Å²) in [7, 11) is 0. The van der Waals surface area contributed by atoms with Crippen molar-refractivity contribution >= 4 is 31.9 Å². The highest BCUT2D eigenvalue weighted by Crippen LogP contribution is 2.23. The Labute approximate surface area is 138 Å². The zero-order valence-electron chi connectivity index (χ0n) is 12.4. The van der Waals surface area contributed by atoms with E-state index in [1.807, 2.05) is 0 Å². The van der Waals surface area contributed by atoms with Crippen LogP contribution in [0.1, 0.15) is 24.7 Å². The fourth-order valence-electron chi connectivity index (χ4n) is 2.76. The summed E-state index contributed by atoms with van der Waals surface area (Å²) in [5.74, 6) is 0. The molecule has 1 saturated heterocycles. The first-order valence-electron chi connectivity index (χ1n) is 7.38. The molecule has 0 N–H and O–H groups in total. The summed E-state index contributed by atoms with van der Waals surface area (Å²) in [5, 5.41) is 5.66. The lowest BCUT2D eigenvalue weighted by Crippen LogP contribution is -2.32. The van der Waals surface area contributed by atoms with Gasteiger partial charge in [-0.15, -0.1) is 0 Å². The Morgan fingerprint density at radius 1 is 1.15 bits per heavy atom. The van der Waals surface area contributed by atoms with Gasteiger partial charge in [0.2, 0.25) is 0 Å². The number of aryl methyl sites for hydroxylation is 2. The largest absolute Gasteiger partial charge is 0.301 e. The molecule has 0 bridgehead atoms. The third-order valence-corrected chi connectivity index (χ3v) is 5.29. The van der Waals surface area contributed by atoms with Gasteiger partial charge in [-0.05, 0) is 49.3 Å². The molecule has 0 unspecified atom stereocenters. The molecule has 0 saturated carbocycles. The Morgan fingerprint density at radius 2 is 1.85 bits per heavy atom. The molecule has 0 spiro atoms. The Balaban J connectivity index is 2.00. The quantitative estimate of drug-likeness (QED) is 0.701. The average molecular weight is 408 g/mol. The fraction of sp³-hybridized carbons (Fsp3) is 0.786. The van der Waals surface area contributed by atoms with E-state index < -0.39 is 0 Å². The van der Waals surface area contributed by atoms with E-state index in [0.29, 0.717) is 0 Å². The van der Waals surface area contributed by atoms with Crippen molar-refractivity contribution in [2.75, 3.05) is 38.1 Å². The maximum atomic E-state index is 4.59. The molecule has 0 radical (unpaired) electrons. The zero-order chi connectivity index (χ0) is 14.5. The Kier molecular flexibility index (Phi) is 6.52. The molecule has 1 aliphatic rings. The molecule has 0 amide bonds. The molecular formula is C14H24Br2N4. The fourth-order valence-corrected chi connectivity index (χ4v) is 3.67. The molecule has 2 rings (SSSR count). The van der Waals surface area contributed by atoms with Crippen LogP contribution >= 0.6 is 31.9 Å². The van der Waals surface area contributed by atoms with Crippen molar-refractivity contribution in [3.63, 3.8) is 0 Å². The van der Waals surface area contributed by atoms with E-state index in [1.165, 1.54) is 36.2 Å². The van der Waals surface area contributed by atoms with Crippen LogP contribution in [-0.2, 0) is 13.1 Å². The van der Waals surface area contributed by atoms with E-state index in [1.54, 1.807) is 0 Å². The third-order valence-electron chi connectivity index (χ3n) is 3.91. The van der Waals surface area contributed by atoms with Crippen LogP contribution in [-0.4, -0.2) is 57.6 Å². The van der Waals surface area contributed by atoms with E-state index in [-0.39, 0.29) is 0 Å². The molecule has 6 heteroatoms. The van der Waals surface area contributed by atoms with Crippen molar-refractivity contribution in [1.82, 2.24) is 19.6 Å². The maximum Gasteiger partial charge on any atom is 0.0739 e. The molecule has 0 atom stereocenters. The Bertz CT molecular complexity index is 433. The van der Waals surface area contributed by atoms with Gasteiger partial charge in [-0.1, -0.05) is 15.9 Å². The van der Waals surface area contributed by atoms with Gasteiger partial charge >= 0.3 is 0 Å². The summed E-state index contributed by atoms with van der Waals surface area (Å²) in [6.07, 6.45) is 1.25. The highest BCUT2D eigenvalue weighted by Gasteiger charge is 2.18. The maximum absolute atomic E-state index is 4.59. The van der Waals surface area contributed by atoms with Crippen molar-refractivity contribution in [3.05, 3.63) is 15.9 Å². The molecule has 4 nitrogen and oxygen atoms in total. The number of aromatic nitrogens is 2. The van der Waals surface area contributed by atoms with Crippen LogP contribution in [0.15, 0.2) is 4.47 Å². The highest BCUT2D eigenvalue weighted by molar-refractivity contribution is 9.10. The first-order valence-corrected chi connectivity index (χ1v) is 9.29. The third kappa shape index (κ3) is 4.06. The molecule has 1 aromatic heterocycles. The van der Waals surface area contributed by atoms with Crippen LogP contribution in [0.2, 0.25) is 0 Å². The molecule has 0 aliphatic carbocycles. The molecule has 0 aromatic carbocycles. The summed E-state index contributed by atoms with van der Waals surface area (Å²) in [6.45, 7) is 12.0. The predicted octanol–water partition coefficient (Wildman–Crippen LogP) is 2.88. The predicted molar refractivity (Wildman–Crippen MR) is 90.5 cm³/mol. The Hall–Kier alpha value is 0.0900. The first kappa shape index (κ1) is 16.5. The summed E-state index contributed by atoms with van der Waals surface area (Å²) in [6, 6.07) is 0. The van der Waals surface area contributed by atoms with Gasteiger partial charge < -0.3 is 4.90 Å². The van der Waals surface area contributed by atoms with Crippen LogP contribution in [0.3, 0.4) is 0 Å². The summed E-state index contributed by atoms with van der Waals surface area (Å²) in [5.41, 5.74) is 2.41. The summed E-state index contributed by atoms with van der Waals surface area (Å²) >= 11 is 7.24. The Morgan fingerprint density at radius 3 is 2.55 bits per heavy atom. The summed E-state index contributed by atoms with van der Waals surface area (Å²) in [4.78, 5) is 5.10. The van der Waals surface area contributed by atoms with Crippen molar-refractivity contribution in [2.45, 2.75) is 33.4 Å². The second-order valence-corrected chi connectivity index (χ2v) is 6.91. The highest BCUT2D eigenvalue weighted by atomic mass is 79.9. The molecule has 114 valence electrons. The van der Waals surface area contributed by atoms with Crippen LogP contribution in [0, 0.1) is 6.92 Å². The van der Waals surface area contributed by atoms with Gasteiger partial charge in [0.15, 0.2) is 0 Å². The lowest BCUT2D eigenvalue weighted by molar-refractivity contribution is 0.252. The minimum absolute atomic E-state index is 0.936. The van der Waals surface area contributed by atoms with Crippen molar-refractivity contribution in [3.8, 4) is 0 Å². The second kappa shape index (κ2) is 7.92. The van der Waals surface area contributed by atoms with E-state index in [9.17, 15) is 0 Å². The van der Waals surface area contributed by atoms with Crippen LogP contribution in [0.4, 0.5) is 0 Å². The molecule has 20 heavy (non-hydrogen) atoms. The van der Waals surface area contributed by atoms with E-state index in [4.69, 9.17) is 0 Å². The van der Waals surface area contributed by atoms with Gasteiger partial charge in [0.1, 0.15) is 0 Å².